The van der Waals surface area contributed by atoms with E-state index in [1.165, 1.54) is 30.6 Å². The van der Waals surface area contributed by atoms with Gasteiger partial charge in [-0.3, -0.25) is 9.89 Å². The number of aromatic nitrogens is 1. The van der Waals surface area contributed by atoms with Crippen molar-refractivity contribution < 1.29 is 4.42 Å². The first-order valence-electron chi connectivity index (χ1n) is 10.6. The Balaban J connectivity index is 0.00000320. The van der Waals surface area contributed by atoms with Gasteiger partial charge in [-0.15, -0.1) is 24.0 Å². The Labute approximate surface area is 198 Å². The van der Waals surface area contributed by atoms with Gasteiger partial charge in [-0.05, 0) is 43.2 Å². The molecule has 1 aliphatic heterocycles. The Hall–Kier alpha value is -1.61. The lowest BCUT2D eigenvalue weighted by molar-refractivity contribution is 0.134. The fourth-order valence-corrected chi connectivity index (χ4v) is 4.22. The molecule has 166 valence electrons. The van der Waals surface area contributed by atoms with Crippen LogP contribution >= 0.6 is 24.0 Å². The van der Waals surface area contributed by atoms with Crippen molar-refractivity contribution >= 4 is 29.9 Å². The van der Waals surface area contributed by atoms with Crippen molar-refractivity contribution in [1.82, 2.24) is 20.5 Å². The maximum Gasteiger partial charge on any atom is 0.214 e. The van der Waals surface area contributed by atoms with Gasteiger partial charge in [0.05, 0.1) is 12.2 Å². The molecule has 1 aromatic heterocycles. The van der Waals surface area contributed by atoms with Crippen LogP contribution in [0.5, 0.6) is 0 Å². The van der Waals surface area contributed by atoms with Crippen LogP contribution in [0.3, 0.4) is 0 Å². The second kappa shape index (κ2) is 11.7. The second-order valence-electron chi connectivity index (χ2n) is 8.44. The zero-order chi connectivity index (χ0) is 20.8. The van der Waals surface area contributed by atoms with Gasteiger partial charge in [0.1, 0.15) is 5.76 Å². The van der Waals surface area contributed by atoms with E-state index in [0.29, 0.717) is 12.4 Å². The minimum absolute atomic E-state index is 0. The Morgan fingerprint density at radius 2 is 1.73 bits per heavy atom. The molecule has 30 heavy (non-hydrogen) atoms. The molecule has 0 bridgehead atoms. The topological polar surface area (TPSA) is 65.7 Å². The number of guanidine groups is 1. The molecule has 2 heterocycles. The number of piperidine rings is 1. The van der Waals surface area contributed by atoms with E-state index in [-0.39, 0.29) is 24.0 Å². The van der Waals surface area contributed by atoms with Crippen LogP contribution in [0.4, 0.5) is 0 Å². The Morgan fingerprint density at radius 1 is 1.10 bits per heavy atom. The molecule has 3 rings (SSSR count). The van der Waals surface area contributed by atoms with Crippen molar-refractivity contribution in [3.63, 3.8) is 0 Å². The number of hydrogen-bond donors (Lipinski definition) is 2. The third-order valence-corrected chi connectivity index (χ3v) is 5.61. The number of oxazole rings is 1. The standard InChI is InChI=1S/C23H35N5O.HI/c1-16-10-17(2)14-28(13-16)15-21-9-7-6-8-20(21)11-25-23(24-5)26-12-22-27-18(3)19(4)29-22;/h6-9,16-17H,10-15H2,1-5H3,(H2,24,25,26);1H. The predicted octanol–water partition coefficient (Wildman–Crippen LogP) is 4.25. The Kier molecular flexibility index (Phi) is 9.61. The predicted molar refractivity (Wildman–Crippen MR) is 133 cm³/mol. The first-order valence-corrected chi connectivity index (χ1v) is 10.6. The summed E-state index contributed by atoms with van der Waals surface area (Å²) in [5.41, 5.74) is 3.62. The number of rotatable bonds is 6. The average molecular weight is 525 g/mol. The molecule has 1 aliphatic rings. The molecular formula is C23H36IN5O. The van der Waals surface area contributed by atoms with Crippen LogP contribution in [0, 0.1) is 25.7 Å². The van der Waals surface area contributed by atoms with E-state index in [1.54, 1.807) is 7.05 Å². The summed E-state index contributed by atoms with van der Waals surface area (Å²) in [6.45, 7) is 13.2. The quantitative estimate of drug-likeness (QED) is 0.336. The van der Waals surface area contributed by atoms with Crippen LogP contribution in [0.25, 0.3) is 0 Å². The molecule has 1 fully saturated rings. The van der Waals surface area contributed by atoms with Crippen molar-refractivity contribution in [3.05, 3.63) is 52.7 Å². The van der Waals surface area contributed by atoms with E-state index in [4.69, 9.17) is 4.42 Å². The largest absolute Gasteiger partial charge is 0.444 e. The zero-order valence-electron chi connectivity index (χ0n) is 18.9. The van der Waals surface area contributed by atoms with Gasteiger partial charge >= 0.3 is 0 Å². The van der Waals surface area contributed by atoms with Crippen molar-refractivity contribution in [2.45, 2.75) is 53.8 Å². The monoisotopic (exact) mass is 525 g/mol. The lowest BCUT2D eigenvalue weighted by Crippen LogP contribution is -2.39. The molecule has 0 spiro atoms. The number of halogens is 1. The summed E-state index contributed by atoms with van der Waals surface area (Å²) in [4.78, 5) is 11.3. The van der Waals surface area contributed by atoms with E-state index in [2.05, 4.69) is 63.6 Å². The summed E-state index contributed by atoms with van der Waals surface area (Å²) >= 11 is 0. The van der Waals surface area contributed by atoms with Gasteiger partial charge in [-0.2, -0.15) is 0 Å². The Bertz CT molecular complexity index is 805. The van der Waals surface area contributed by atoms with E-state index in [9.17, 15) is 0 Å². The van der Waals surface area contributed by atoms with Gasteiger partial charge in [-0.1, -0.05) is 38.1 Å². The highest BCUT2D eigenvalue weighted by Crippen LogP contribution is 2.23. The number of likely N-dealkylation sites (tertiary alicyclic amines) is 1. The molecule has 6 nitrogen and oxygen atoms in total. The molecule has 0 amide bonds. The van der Waals surface area contributed by atoms with E-state index < -0.39 is 0 Å². The maximum atomic E-state index is 5.63. The highest BCUT2D eigenvalue weighted by Gasteiger charge is 2.22. The molecule has 0 radical (unpaired) electrons. The zero-order valence-corrected chi connectivity index (χ0v) is 21.2. The fourth-order valence-electron chi connectivity index (χ4n) is 4.22. The van der Waals surface area contributed by atoms with E-state index >= 15 is 0 Å². The van der Waals surface area contributed by atoms with Crippen molar-refractivity contribution in [2.75, 3.05) is 20.1 Å². The minimum atomic E-state index is 0. The van der Waals surface area contributed by atoms with Crippen LogP contribution in [0.15, 0.2) is 33.7 Å². The maximum absolute atomic E-state index is 5.63. The van der Waals surface area contributed by atoms with Crippen LogP contribution in [-0.2, 0) is 19.6 Å². The summed E-state index contributed by atoms with van der Waals surface area (Å²) < 4.78 is 5.63. The third kappa shape index (κ3) is 6.97. The number of hydrogen-bond acceptors (Lipinski definition) is 4. The number of aryl methyl sites for hydroxylation is 2. The first-order chi connectivity index (χ1) is 13.9. The normalized spacial score (nSPS) is 20.0. The molecule has 2 aromatic rings. The van der Waals surface area contributed by atoms with Crippen LogP contribution in [-0.4, -0.2) is 36.0 Å². The molecule has 2 N–H and O–H groups in total. The molecular weight excluding hydrogens is 489 g/mol. The number of nitrogens with one attached hydrogen (secondary N) is 2. The van der Waals surface area contributed by atoms with Gasteiger partial charge in [0, 0.05) is 33.2 Å². The van der Waals surface area contributed by atoms with Crippen molar-refractivity contribution in [2.24, 2.45) is 16.8 Å². The van der Waals surface area contributed by atoms with Gasteiger partial charge in [0.15, 0.2) is 5.96 Å². The van der Waals surface area contributed by atoms with Gasteiger partial charge in [0.25, 0.3) is 0 Å². The molecule has 1 aromatic carbocycles. The third-order valence-electron chi connectivity index (χ3n) is 5.61. The van der Waals surface area contributed by atoms with Crippen LogP contribution in [0.2, 0.25) is 0 Å². The number of benzene rings is 1. The highest BCUT2D eigenvalue weighted by atomic mass is 127. The highest BCUT2D eigenvalue weighted by molar-refractivity contribution is 14.0. The SMILES string of the molecule is CN=C(NCc1nc(C)c(C)o1)NCc1ccccc1CN1CC(C)CC(C)C1.I. The average Bonchev–Trinajstić information content (AvgIpc) is 3.00. The smallest absolute Gasteiger partial charge is 0.214 e. The first kappa shape index (κ1) is 24.7. The van der Waals surface area contributed by atoms with E-state index in [0.717, 1.165) is 42.3 Å². The molecule has 1 saturated heterocycles. The lowest BCUT2D eigenvalue weighted by atomic mass is 9.91. The van der Waals surface area contributed by atoms with Gasteiger partial charge in [-0.25, -0.2) is 4.98 Å². The van der Waals surface area contributed by atoms with Crippen LogP contribution < -0.4 is 10.6 Å². The molecule has 2 unspecified atom stereocenters. The van der Waals surface area contributed by atoms with Crippen LogP contribution in [0.1, 0.15) is 48.7 Å². The summed E-state index contributed by atoms with van der Waals surface area (Å²) in [6, 6.07) is 8.69. The van der Waals surface area contributed by atoms with Crippen molar-refractivity contribution in [3.8, 4) is 0 Å². The second-order valence-corrected chi connectivity index (χ2v) is 8.44. The summed E-state index contributed by atoms with van der Waals surface area (Å²) in [7, 11) is 1.78. The fraction of sp³-hybridized carbons (Fsp3) is 0.565. The van der Waals surface area contributed by atoms with E-state index in [1.807, 2.05) is 13.8 Å². The number of aliphatic imine (C=N–C) groups is 1. The lowest BCUT2D eigenvalue weighted by Gasteiger charge is -2.35. The summed E-state index contributed by atoms with van der Waals surface area (Å²) in [5, 5.41) is 6.70. The molecule has 7 heteroatoms. The summed E-state index contributed by atoms with van der Waals surface area (Å²) in [5.74, 6) is 3.83. The molecule has 0 saturated carbocycles. The van der Waals surface area contributed by atoms with Crippen molar-refractivity contribution in [1.29, 1.82) is 0 Å². The van der Waals surface area contributed by atoms with Gasteiger partial charge in [0.2, 0.25) is 5.89 Å². The molecule has 2 atom stereocenters. The Morgan fingerprint density at radius 3 is 2.33 bits per heavy atom. The summed E-state index contributed by atoms with van der Waals surface area (Å²) in [6.07, 6.45) is 1.34. The number of nitrogens with zero attached hydrogens (tertiary/aromatic N) is 3. The van der Waals surface area contributed by atoms with Gasteiger partial charge < -0.3 is 15.1 Å². The minimum Gasteiger partial charge on any atom is -0.444 e. The molecule has 0 aliphatic carbocycles.